The SMILES string of the molecule is CC(Cc1nc2ccccc2s1)c1ccccc1. The zero-order valence-corrected chi connectivity index (χ0v) is 11.2. The first-order valence-electron chi connectivity index (χ1n) is 6.22. The highest BCUT2D eigenvalue weighted by molar-refractivity contribution is 7.18. The van der Waals surface area contributed by atoms with E-state index in [9.17, 15) is 0 Å². The number of nitrogens with zero attached hydrogens (tertiary/aromatic N) is 1. The van der Waals surface area contributed by atoms with E-state index in [1.54, 1.807) is 0 Å². The standard InChI is InChI=1S/C16H15NS/c1-12(13-7-3-2-4-8-13)11-16-17-14-9-5-6-10-15(14)18-16/h2-10,12H,11H2,1H3. The van der Waals surface area contributed by atoms with Crippen molar-refractivity contribution in [2.45, 2.75) is 19.3 Å². The Hall–Kier alpha value is -1.67. The minimum atomic E-state index is 0.520. The van der Waals surface area contributed by atoms with Crippen molar-refractivity contribution in [1.29, 1.82) is 0 Å². The molecule has 1 nitrogen and oxygen atoms in total. The fourth-order valence-electron chi connectivity index (χ4n) is 2.17. The van der Waals surface area contributed by atoms with Crippen molar-refractivity contribution in [3.8, 4) is 0 Å². The molecule has 0 saturated carbocycles. The molecule has 0 bridgehead atoms. The number of thiazole rings is 1. The third kappa shape index (κ3) is 2.29. The number of benzene rings is 2. The van der Waals surface area contributed by atoms with Gasteiger partial charge >= 0.3 is 0 Å². The summed E-state index contributed by atoms with van der Waals surface area (Å²) in [5.74, 6) is 0.520. The van der Waals surface area contributed by atoms with E-state index in [2.05, 4.69) is 55.5 Å². The van der Waals surface area contributed by atoms with Gasteiger partial charge in [0.25, 0.3) is 0 Å². The van der Waals surface area contributed by atoms with E-state index < -0.39 is 0 Å². The molecular formula is C16H15NS. The maximum atomic E-state index is 4.70. The van der Waals surface area contributed by atoms with E-state index in [1.165, 1.54) is 15.3 Å². The van der Waals surface area contributed by atoms with Gasteiger partial charge in [-0.3, -0.25) is 0 Å². The van der Waals surface area contributed by atoms with Gasteiger partial charge < -0.3 is 0 Å². The van der Waals surface area contributed by atoms with E-state index in [1.807, 2.05) is 17.4 Å². The Labute approximate surface area is 111 Å². The summed E-state index contributed by atoms with van der Waals surface area (Å²) in [4.78, 5) is 4.70. The van der Waals surface area contributed by atoms with Crippen molar-refractivity contribution < 1.29 is 0 Å². The Bertz CT molecular complexity index is 609. The largest absolute Gasteiger partial charge is 0.241 e. The average Bonchev–Trinajstić information content (AvgIpc) is 2.82. The molecule has 1 unspecified atom stereocenters. The fraction of sp³-hybridized carbons (Fsp3) is 0.188. The first kappa shape index (κ1) is 11.4. The summed E-state index contributed by atoms with van der Waals surface area (Å²) >= 11 is 1.81. The Morgan fingerprint density at radius 1 is 1.00 bits per heavy atom. The lowest BCUT2D eigenvalue weighted by molar-refractivity contribution is 0.756. The molecule has 0 fully saturated rings. The molecule has 0 radical (unpaired) electrons. The Kier molecular flexibility index (Phi) is 3.11. The molecule has 0 aliphatic rings. The number of hydrogen-bond donors (Lipinski definition) is 0. The highest BCUT2D eigenvalue weighted by Crippen LogP contribution is 2.26. The third-order valence-electron chi connectivity index (χ3n) is 3.19. The van der Waals surface area contributed by atoms with Crippen molar-refractivity contribution in [2.24, 2.45) is 0 Å². The Morgan fingerprint density at radius 2 is 1.72 bits per heavy atom. The van der Waals surface area contributed by atoms with E-state index >= 15 is 0 Å². The summed E-state index contributed by atoms with van der Waals surface area (Å²) in [5, 5.41) is 1.23. The van der Waals surface area contributed by atoms with Crippen LogP contribution in [0.15, 0.2) is 54.6 Å². The van der Waals surface area contributed by atoms with Gasteiger partial charge in [-0.2, -0.15) is 0 Å². The molecule has 2 heteroatoms. The Morgan fingerprint density at radius 3 is 2.50 bits per heavy atom. The van der Waals surface area contributed by atoms with Crippen LogP contribution in [0.3, 0.4) is 0 Å². The lowest BCUT2D eigenvalue weighted by Crippen LogP contribution is -1.97. The second-order valence-corrected chi connectivity index (χ2v) is 5.71. The topological polar surface area (TPSA) is 12.9 Å². The quantitative estimate of drug-likeness (QED) is 0.662. The lowest BCUT2D eigenvalue weighted by atomic mass is 9.98. The van der Waals surface area contributed by atoms with Gasteiger partial charge in [0.15, 0.2) is 0 Å². The Balaban J connectivity index is 1.84. The zero-order valence-electron chi connectivity index (χ0n) is 10.3. The maximum Gasteiger partial charge on any atom is 0.0944 e. The first-order chi connectivity index (χ1) is 8.83. The van der Waals surface area contributed by atoms with Crippen molar-refractivity contribution in [3.63, 3.8) is 0 Å². The van der Waals surface area contributed by atoms with Gasteiger partial charge in [-0.25, -0.2) is 4.98 Å². The molecule has 0 aliphatic heterocycles. The maximum absolute atomic E-state index is 4.70. The normalized spacial score (nSPS) is 12.7. The molecule has 2 aromatic carbocycles. The van der Waals surface area contributed by atoms with Gasteiger partial charge in [0.1, 0.15) is 0 Å². The molecule has 1 heterocycles. The van der Waals surface area contributed by atoms with E-state index in [0.717, 1.165) is 11.9 Å². The van der Waals surface area contributed by atoms with Crippen LogP contribution in [0.1, 0.15) is 23.4 Å². The molecule has 0 spiro atoms. The molecule has 1 aromatic heterocycles. The van der Waals surface area contributed by atoms with Gasteiger partial charge in [0, 0.05) is 6.42 Å². The number of rotatable bonds is 3. The van der Waals surface area contributed by atoms with Crippen LogP contribution in [0.5, 0.6) is 0 Å². The monoisotopic (exact) mass is 253 g/mol. The van der Waals surface area contributed by atoms with Crippen LogP contribution in [-0.2, 0) is 6.42 Å². The number of para-hydroxylation sites is 1. The smallest absolute Gasteiger partial charge is 0.0944 e. The molecule has 0 saturated heterocycles. The second kappa shape index (κ2) is 4.91. The van der Waals surface area contributed by atoms with Crippen LogP contribution in [0.25, 0.3) is 10.2 Å². The molecule has 0 N–H and O–H groups in total. The van der Waals surface area contributed by atoms with Crippen molar-refractivity contribution >= 4 is 21.6 Å². The van der Waals surface area contributed by atoms with Crippen LogP contribution in [0.4, 0.5) is 0 Å². The van der Waals surface area contributed by atoms with Gasteiger partial charge in [0.05, 0.1) is 15.2 Å². The van der Waals surface area contributed by atoms with Crippen molar-refractivity contribution in [3.05, 3.63) is 65.2 Å². The molecule has 3 rings (SSSR count). The predicted octanol–water partition coefficient (Wildman–Crippen LogP) is 4.64. The second-order valence-electron chi connectivity index (χ2n) is 4.59. The summed E-state index contributed by atoms with van der Waals surface area (Å²) in [7, 11) is 0. The summed E-state index contributed by atoms with van der Waals surface area (Å²) in [5.41, 5.74) is 2.51. The molecule has 3 aromatic rings. The van der Waals surface area contributed by atoms with Crippen LogP contribution < -0.4 is 0 Å². The highest BCUT2D eigenvalue weighted by Gasteiger charge is 2.09. The van der Waals surface area contributed by atoms with Crippen LogP contribution in [0.2, 0.25) is 0 Å². The fourth-order valence-corrected chi connectivity index (χ4v) is 3.26. The van der Waals surface area contributed by atoms with Crippen molar-refractivity contribution in [2.75, 3.05) is 0 Å². The van der Waals surface area contributed by atoms with E-state index in [-0.39, 0.29) is 0 Å². The summed E-state index contributed by atoms with van der Waals surface area (Å²) in [6.45, 7) is 2.27. The molecule has 0 aliphatic carbocycles. The van der Waals surface area contributed by atoms with Crippen LogP contribution in [0, 0.1) is 0 Å². The highest BCUT2D eigenvalue weighted by atomic mass is 32.1. The van der Waals surface area contributed by atoms with Crippen LogP contribution >= 0.6 is 11.3 Å². The van der Waals surface area contributed by atoms with Gasteiger partial charge in [-0.05, 0) is 23.6 Å². The zero-order chi connectivity index (χ0) is 12.4. The average molecular weight is 253 g/mol. The minimum absolute atomic E-state index is 0.520. The predicted molar refractivity (Wildman–Crippen MR) is 78.2 cm³/mol. The molecule has 18 heavy (non-hydrogen) atoms. The van der Waals surface area contributed by atoms with E-state index in [4.69, 9.17) is 4.98 Å². The minimum Gasteiger partial charge on any atom is -0.241 e. The summed E-state index contributed by atoms with van der Waals surface area (Å²) in [6, 6.07) is 19.0. The third-order valence-corrected chi connectivity index (χ3v) is 4.25. The van der Waals surface area contributed by atoms with Gasteiger partial charge in [-0.1, -0.05) is 49.4 Å². The first-order valence-corrected chi connectivity index (χ1v) is 7.04. The van der Waals surface area contributed by atoms with E-state index in [0.29, 0.717) is 5.92 Å². The molecule has 1 atom stereocenters. The molecule has 90 valence electrons. The number of fused-ring (bicyclic) bond motifs is 1. The van der Waals surface area contributed by atoms with Gasteiger partial charge in [-0.15, -0.1) is 11.3 Å². The van der Waals surface area contributed by atoms with Gasteiger partial charge in [0.2, 0.25) is 0 Å². The number of aromatic nitrogens is 1. The van der Waals surface area contributed by atoms with Crippen molar-refractivity contribution in [1.82, 2.24) is 4.98 Å². The summed E-state index contributed by atoms with van der Waals surface area (Å²) in [6.07, 6.45) is 1.02. The molecule has 0 amide bonds. The van der Waals surface area contributed by atoms with Crippen LogP contribution in [-0.4, -0.2) is 4.98 Å². The lowest BCUT2D eigenvalue weighted by Gasteiger charge is -2.09. The number of hydrogen-bond acceptors (Lipinski definition) is 2. The summed E-state index contributed by atoms with van der Waals surface area (Å²) < 4.78 is 1.28. The molecular weight excluding hydrogens is 238 g/mol.